The molecule has 0 bridgehead atoms. The topological polar surface area (TPSA) is 90.6 Å². The molecule has 1 aliphatic heterocycles. The van der Waals surface area contributed by atoms with Crippen LogP contribution in [-0.4, -0.2) is 35.4 Å². The number of hydrogen-bond donors (Lipinski definition) is 4. The van der Waals surface area contributed by atoms with Crippen LogP contribution in [-0.2, 0) is 29.0 Å². The van der Waals surface area contributed by atoms with Gasteiger partial charge < -0.3 is 20.9 Å². The van der Waals surface area contributed by atoms with E-state index in [1.807, 2.05) is 49.5 Å². The number of H-pyrrole nitrogens is 1. The number of carbonyl (C=O) groups excluding carboxylic acids is 2. The van der Waals surface area contributed by atoms with E-state index in [0.717, 1.165) is 29.4 Å². The Labute approximate surface area is 176 Å². The maximum absolute atomic E-state index is 13.1. The lowest BCUT2D eigenvalue weighted by Gasteiger charge is -2.25. The average molecular weight is 406 g/mol. The molecule has 0 radical (unpaired) electrons. The minimum absolute atomic E-state index is 0.0824. The molecule has 0 saturated carbocycles. The largest absolute Gasteiger partial charge is 0.361 e. The fraction of sp³-hybridized carbons (Fsp3) is 0.333. The first-order chi connectivity index (χ1) is 14.7. The van der Waals surface area contributed by atoms with Crippen molar-refractivity contribution in [3.8, 4) is 0 Å². The van der Waals surface area contributed by atoms with Gasteiger partial charge >= 0.3 is 0 Å². The maximum Gasteiger partial charge on any atom is 0.279 e. The van der Waals surface area contributed by atoms with Crippen LogP contribution in [0.25, 0.3) is 10.9 Å². The Bertz CT molecular complexity index is 1040. The van der Waals surface area contributed by atoms with Crippen LogP contribution in [0.4, 0.5) is 0 Å². The minimum atomic E-state index is -0.603. The zero-order valence-corrected chi connectivity index (χ0v) is 17.3. The molecule has 2 aromatic carbocycles. The number of amides is 2. The third-order valence-corrected chi connectivity index (χ3v) is 5.80. The highest BCUT2D eigenvalue weighted by Crippen LogP contribution is 2.19. The first-order valence-electron chi connectivity index (χ1n) is 10.7. The van der Waals surface area contributed by atoms with Gasteiger partial charge in [-0.15, -0.1) is 0 Å². The zero-order chi connectivity index (χ0) is 20.9. The molecule has 1 aromatic heterocycles. The molecule has 0 aliphatic carbocycles. The molecule has 156 valence electrons. The van der Waals surface area contributed by atoms with E-state index in [9.17, 15) is 9.59 Å². The summed E-state index contributed by atoms with van der Waals surface area (Å²) in [5, 5.41) is 9.12. The van der Waals surface area contributed by atoms with E-state index in [0.29, 0.717) is 19.4 Å². The summed E-state index contributed by atoms with van der Waals surface area (Å²) in [4.78, 5) is 29.1. The highest BCUT2D eigenvalue weighted by atomic mass is 16.2. The van der Waals surface area contributed by atoms with Crippen molar-refractivity contribution in [2.24, 2.45) is 0 Å². The minimum Gasteiger partial charge on any atom is -0.361 e. The highest BCUT2D eigenvalue weighted by Gasteiger charge is 2.31. The lowest BCUT2D eigenvalue weighted by Crippen LogP contribution is -2.93. The summed E-state index contributed by atoms with van der Waals surface area (Å²) in [6.07, 6.45) is 3.92. The quantitative estimate of drug-likeness (QED) is 0.479. The summed E-state index contributed by atoms with van der Waals surface area (Å²) in [6, 6.07) is 15.4. The molecule has 1 aliphatic rings. The molecular weight excluding hydrogens is 376 g/mol. The number of quaternary nitrogens is 1. The van der Waals surface area contributed by atoms with Gasteiger partial charge in [-0.1, -0.05) is 49.4 Å². The summed E-state index contributed by atoms with van der Waals surface area (Å²) in [7, 11) is 0. The van der Waals surface area contributed by atoms with Gasteiger partial charge in [0.05, 0.1) is 0 Å². The van der Waals surface area contributed by atoms with E-state index < -0.39 is 6.04 Å². The Hall–Kier alpha value is -3.12. The molecule has 6 heteroatoms. The third-order valence-electron chi connectivity index (χ3n) is 5.80. The second kappa shape index (κ2) is 9.13. The monoisotopic (exact) mass is 405 g/mol. The van der Waals surface area contributed by atoms with Gasteiger partial charge in [0, 0.05) is 42.0 Å². The van der Waals surface area contributed by atoms with E-state index in [2.05, 4.69) is 33.1 Å². The van der Waals surface area contributed by atoms with Crippen molar-refractivity contribution in [1.29, 1.82) is 0 Å². The predicted molar refractivity (Wildman–Crippen MR) is 117 cm³/mol. The Morgan fingerprint density at radius 2 is 1.90 bits per heavy atom. The van der Waals surface area contributed by atoms with E-state index in [1.165, 1.54) is 11.1 Å². The fourth-order valence-corrected chi connectivity index (χ4v) is 4.12. The van der Waals surface area contributed by atoms with Crippen molar-refractivity contribution in [3.05, 3.63) is 71.4 Å². The first kappa shape index (κ1) is 20.2. The Balaban J connectivity index is 1.50. The number of fused-ring (bicyclic) bond motifs is 2. The van der Waals surface area contributed by atoms with Crippen molar-refractivity contribution >= 4 is 22.7 Å². The van der Waals surface area contributed by atoms with Crippen molar-refractivity contribution < 1.29 is 14.9 Å². The molecular formula is C24H29N4O2+. The van der Waals surface area contributed by atoms with Crippen LogP contribution in [0.1, 0.15) is 30.0 Å². The number of hydrogen-bond acceptors (Lipinski definition) is 2. The fourth-order valence-electron chi connectivity index (χ4n) is 4.12. The number of para-hydroxylation sites is 1. The van der Waals surface area contributed by atoms with E-state index in [1.54, 1.807) is 0 Å². The van der Waals surface area contributed by atoms with Crippen LogP contribution < -0.4 is 16.0 Å². The van der Waals surface area contributed by atoms with Crippen molar-refractivity contribution in [2.75, 3.05) is 6.54 Å². The van der Waals surface area contributed by atoms with Gasteiger partial charge in [0.25, 0.3) is 5.91 Å². The SMILES string of the molecule is CCCNC(=O)[C@H](Cc1c[nH]c2ccccc12)NC(=O)[C@@H]1Cc2ccccc2C[NH2+]1. The van der Waals surface area contributed by atoms with Gasteiger partial charge in [0.2, 0.25) is 5.91 Å². The molecule has 5 N–H and O–H groups in total. The molecule has 6 nitrogen and oxygen atoms in total. The molecule has 30 heavy (non-hydrogen) atoms. The molecule has 2 atom stereocenters. The summed E-state index contributed by atoms with van der Waals surface area (Å²) in [6.45, 7) is 3.40. The van der Waals surface area contributed by atoms with E-state index >= 15 is 0 Å². The van der Waals surface area contributed by atoms with Gasteiger partial charge in [-0.3, -0.25) is 9.59 Å². The molecule has 0 spiro atoms. The van der Waals surface area contributed by atoms with Gasteiger partial charge in [-0.2, -0.15) is 0 Å². The Morgan fingerprint density at radius 1 is 1.13 bits per heavy atom. The molecule has 4 rings (SSSR count). The smallest absolute Gasteiger partial charge is 0.279 e. The third kappa shape index (κ3) is 4.39. The number of carbonyl (C=O) groups is 2. The normalized spacial score (nSPS) is 16.6. The number of benzene rings is 2. The molecule has 0 fully saturated rings. The lowest BCUT2D eigenvalue weighted by molar-refractivity contribution is -0.695. The van der Waals surface area contributed by atoms with Crippen molar-refractivity contribution in [3.63, 3.8) is 0 Å². The predicted octanol–water partition coefficient (Wildman–Crippen LogP) is 1.41. The van der Waals surface area contributed by atoms with E-state index in [-0.39, 0.29) is 17.9 Å². The zero-order valence-electron chi connectivity index (χ0n) is 17.3. The number of nitrogens with two attached hydrogens (primary N) is 1. The van der Waals surface area contributed by atoms with Gasteiger partial charge in [-0.05, 0) is 23.6 Å². The summed E-state index contributed by atoms with van der Waals surface area (Å²) < 4.78 is 0. The van der Waals surface area contributed by atoms with Gasteiger partial charge in [-0.25, -0.2) is 0 Å². The van der Waals surface area contributed by atoms with Gasteiger partial charge in [0.1, 0.15) is 12.6 Å². The maximum atomic E-state index is 13.1. The number of aromatic amines is 1. The van der Waals surface area contributed by atoms with Crippen molar-refractivity contribution in [1.82, 2.24) is 15.6 Å². The number of aromatic nitrogens is 1. The Morgan fingerprint density at radius 3 is 2.73 bits per heavy atom. The van der Waals surface area contributed by atoms with Crippen LogP contribution in [0.15, 0.2) is 54.7 Å². The molecule has 2 amide bonds. The summed E-state index contributed by atoms with van der Waals surface area (Å²) in [5.74, 6) is -0.215. The first-order valence-corrected chi connectivity index (χ1v) is 10.7. The molecule has 2 heterocycles. The van der Waals surface area contributed by atoms with E-state index in [4.69, 9.17) is 0 Å². The van der Waals surface area contributed by atoms with Crippen LogP contribution in [0.3, 0.4) is 0 Å². The lowest BCUT2D eigenvalue weighted by atomic mass is 9.95. The van der Waals surface area contributed by atoms with Gasteiger partial charge in [0.15, 0.2) is 6.04 Å². The standard InChI is InChI=1S/C24H28N4O2/c1-2-11-25-23(29)22(13-18-15-26-20-10-6-5-9-19(18)20)28-24(30)21-12-16-7-3-4-8-17(16)14-27-21/h3-10,15,21-22,26-27H,2,11-14H2,1H3,(H,25,29)(H,28,30)/p+1/t21-,22-/m0/s1. The second-order valence-corrected chi connectivity index (χ2v) is 7.93. The van der Waals surface area contributed by atoms with Crippen molar-refractivity contribution in [2.45, 2.75) is 44.8 Å². The summed E-state index contributed by atoms with van der Waals surface area (Å²) in [5.41, 5.74) is 4.55. The highest BCUT2D eigenvalue weighted by molar-refractivity contribution is 5.90. The molecule has 0 saturated heterocycles. The van der Waals surface area contributed by atoms with Crippen LogP contribution in [0.2, 0.25) is 0 Å². The van der Waals surface area contributed by atoms with Crippen LogP contribution >= 0.6 is 0 Å². The Kier molecular flexibility index (Phi) is 6.14. The summed E-state index contributed by atoms with van der Waals surface area (Å²) >= 11 is 0. The number of rotatable bonds is 7. The molecule has 3 aromatic rings. The van der Waals surface area contributed by atoms with Crippen LogP contribution in [0, 0.1) is 0 Å². The molecule has 0 unspecified atom stereocenters. The van der Waals surface area contributed by atoms with Crippen LogP contribution in [0.5, 0.6) is 0 Å². The average Bonchev–Trinajstić information content (AvgIpc) is 3.19. The second-order valence-electron chi connectivity index (χ2n) is 7.93. The number of nitrogens with one attached hydrogen (secondary N) is 3.